The summed E-state index contributed by atoms with van der Waals surface area (Å²) in [5, 5.41) is 3.56. The molecule has 0 aromatic carbocycles. The zero-order valence-electron chi connectivity index (χ0n) is 13.4. The molecule has 118 valence electrons. The number of nitrogens with zero attached hydrogens (tertiary/aromatic N) is 2. The van der Waals surface area contributed by atoms with E-state index in [1.807, 2.05) is 6.92 Å². The number of nitrogen functional groups attached to an aromatic ring is 1. The Morgan fingerprint density at radius 2 is 2.05 bits per heavy atom. The van der Waals surface area contributed by atoms with Gasteiger partial charge < -0.3 is 15.5 Å². The third-order valence-corrected chi connectivity index (χ3v) is 4.44. The molecule has 1 aliphatic carbocycles. The van der Waals surface area contributed by atoms with Crippen LogP contribution >= 0.6 is 0 Å². The predicted molar refractivity (Wildman–Crippen MR) is 85.1 cm³/mol. The van der Waals surface area contributed by atoms with E-state index in [1.165, 1.54) is 0 Å². The molecule has 6 heteroatoms. The van der Waals surface area contributed by atoms with Crippen molar-refractivity contribution in [2.24, 2.45) is 11.3 Å². The fourth-order valence-corrected chi connectivity index (χ4v) is 2.93. The molecule has 0 bridgehead atoms. The molecular weight excluding hydrogens is 266 g/mol. The number of hydrogen-bond donors (Lipinski definition) is 3. The van der Waals surface area contributed by atoms with E-state index in [0.29, 0.717) is 18.0 Å². The lowest BCUT2D eigenvalue weighted by Crippen LogP contribution is -2.58. The van der Waals surface area contributed by atoms with Gasteiger partial charge in [-0.05, 0) is 19.8 Å². The molecule has 1 saturated carbocycles. The lowest BCUT2D eigenvalue weighted by Gasteiger charge is -2.52. The molecule has 0 saturated heterocycles. The zero-order valence-corrected chi connectivity index (χ0v) is 13.4. The summed E-state index contributed by atoms with van der Waals surface area (Å²) in [6, 6.07) is 0.352. The topological polar surface area (TPSA) is 85.1 Å². The minimum atomic E-state index is 0.0980. The molecule has 0 amide bonds. The van der Waals surface area contributed by atoms with Crippen molar-refractivity contribution in [3.63, 3.8) is 0 Å². The third kappa shape index (κ3) is 3.11. The first-order valence-corrected chi connectivity index (χ1v) is 7.73. The van der Waals surface area contributed by atoms with Gasteiger partial charge in [-0.3, -0.25) is 0 Å². The van der Waals surface area contributed by atoms with Crippen molar-refractivity contribution in [2.45, 2.75) is 59.1 Å². The molecule has 1 aromatic heterocycles. The fourth-order valence-electron chi connectivity index (χ4n) is 2.93. The summed E-state index contributed by atoms with van der Waals surface area (Å²) >= 11 is 0. The van der Waals surface area contributed by atoms with Gasteiger partial charge in [0.05, 0.1) is 6.10 Å². The van der Waals surface area contributed by atoms with Crippen molar-refractivity contribution in [3.05, 3.63) is 11.9 Å². The van der Waals surface area contributed by atoms with Gasteiger partial charge >= 0.3 is 0 Å². The monoisotopic (exact) mass is 293 g/mol. The van der Waals surface area contributed by atoms with Gasteiger partial charge in [-0.2, -0.15) is 0 Å². The molecule has 2 atom stereocenters. The summed E-state index contributed by atoms with van der Waals surface area (Å²) in [4.78, 5) is 8.60. The lowest BCUT2D eigenvalue weighted by molar-refractivity contribution is -0.0976. The van der Waals surface area contributed by atoms with Crippen LogP contribution in [0.5, 0.6) is 0 Å². The fraction of sp³-hybridized carbons (Fsp3) is 0.733. The van der Waals surface area contributed by atoms with E-state index in [2.05, 4.69) is 41.5 Å². The number of aromatic nitrogens is 2. The van der Waals surface area contributed by atoms with E-state index in [-0.39, 0.29) is 5.41 Å². The SMILES string of the molecule is CCCc1c(NN)ncnc1NC1CC(OCC)C1(C)C. The van der Waals surface area contributed by atoms with Crippen LogP contribution in [0, 0.1) is 5.41 Å². The van der Waals surface area contributed by atoms with E-state index >= 15 is 0 Å². The molecular formula is C15H27N5O. The van der Waals surface area contributed by atoms with Crippen molar-refractivity contribution in [1.29, 1.82) is 0 Å². The highest BCUT2D eigenvalue weighted by molar-refractivity contribution is 5.57. The third-order valence-electron chi connectivity index (χ3n) is 4.44. The van der Waals surface area contributed by atoms with Crippen LogP contribution in [0.25, 0.3) is 0 Å². The first-order chi connectivity index (χ1) is 10.0. The summed E-state index contributed by atoms with van der Waals surface area (Å²) in [5.74, 6) is 7.14. The van der Waals surface area contributed by atoms with E-state index < -0.39 is 0 Å². The van der Waals surface area contributed by atoms with Crippen molar-refractivity contribution >= 4 is 11.6 Å². The van der Waals surface area contributed by atoms with Gasteiger partial charge in [-0.15, -0.1) is 0 Å². The van der Waals surface area contributed by atoms with E-state index in [1.54, 1.807) is 6.33 Å². The highest BCUT2D eigenvalue weighted by Gasteiger charge is 2.49. The van der Waals surface area contributed by atoms with Gasteiger partial charge in [0.2, 0.25) is 0 Å². The van der Waals surface area contributed by atoms with Gasteiger partial charge in [-0.1, -0.05) is 27.2 Å². The normalized spacial score (nSPS) is 23.5. The van der Waals surface area contributed by atoms with Crippen LogP contribution < -0.4 is 16.6 Å². The summed E-state index contributed by atoms with van der Waals surface area (Å²) < 4.78 is 5.78. The standard InChI is InChI=1S/C15H27N5O/c1-5-7-10-13(17-9-18-14(10)20-16)19-11-8-12(21-6-2)15(11,3)4/h9,11-12H,5-8,16H2,1-4H3,(H2,17,18,19,20). The first kappa shape index (κ1) is 16.0. The maximum absolute atomic E-state index is 5.78. The summed E-state index contributed by atoms with van der Waals surface area (Å²) in [6.07, 6.45) is 4.77. The van der Waals surface area contributed by atoms with Gasteiger partial charge in [0.1, 0.15) is 18.0 Å². The Balaban J connectivity index is 2.14. The first-order valence-electron chi connectivity index (χ1n) is 7.73. The molecule has 1 fully saturated rings. The van der Waals surface area contributed by atoms with Crippen LogP contribution in [-0.4, -0.2) is 28.7 Å². The second-order valence-corrected chi connectivity index (χ2v) is 6.14. The summed E-state index contributed by atoms with van der Waals surface area (Å²) in [5.41, 5.74) is 3.82. The van der Waals surface area contributed by atoms with E-state index in [9.17, 15) is 0 Å². The quantitative estimate of drug-likeness (QED) is 0.528. The predicted octanol–water partition coefficient (Wildman–Crippen LogP) is 2.33. The number of rotatable bonds is 7. The molecule has 2 unspecified atom stereocenters. The van der Waals surface area contributed by atoms with Gasteiger partial charge in [0.25, 0.3) is 0 Å². The maximum Gasteiger partial charge on any atom is 0.148 e. The Hall–Kier alpha value is -1.40. The number of ether oxygens (including phenoxy) is 1. The second-order valence-electron chi connectivity index (χ2n) is 6.14. The second kappa shape index (κ2) is 6.58. The van der Waals surface area contributed by atoms with Crippen molar-refractivity contribution in [2.75, 3.05) is 17.3 Å². The Morgan fingerprint density at radius 1 is 1.33 bits per heavy atom. The molecule has 0 aliphatic heterocycles. The maximum atomic E-state index is 5.78. The molecule has 1 heterocycles. The average molecular weight is 293 g/mol. The summed E-state index contributed by atoms with van der Waals surface area (Å²) in [6.45, 7) is 9.40. The van der Waals surface area contributed by atoms with Crippen molar-refractivity contribution in [1.82, 2.24) is 9.97 Å². The highest BCUT2D eigenvalue weighted by Crippen LogP contribution is 2.44. The lowest BCUT2D eigenvalue weighted by atomic mass is 9.64. The number of hydrazine groups is 1. The van der Waals surface area contributed by atoms with E-state index in [0.717, 1.165) is 37.3 Å². The molecule has 4 N–H and O–H groups in total. The van der Waals surface area contributed by atoms with Gasteiger partial charge in [0.15, 0.2) is 0 Å². The minimum Gasteiger partial charge on any atom is -0.378 e. The number of nitrogens with two attached hydrogens (primary N) is 1. The molecule has 0 spiro atoms. The van der Waals surface area contributed by atoms with Crippen LogP contribution in [0.15, 0.2) is 6.33 Å². The number of nitrogens with one attached hydrogen (secondary N) is 2. The highest BCUT2D eigenvalue weighted by atomic mass is 16.5. The average Bonchev–Trinajstić information content (AvgIpc) is 2.47. The van der Waals surface area contributed by atoms with Gasteiger partial charge in [-0.25, -0.2) is 15.8 Å². The Kier molecular flexibility index (Phi) is 5.00. The Bertz CT molecular complexity index is 477. The van der Waals surface area contributed by atoms with Crippen LogP contribution in [0.1, 0.15) is 46.1 Å². The molecule has 2 rings (SSSR count). The van der Waals surface area contributed by atoms with Crippen molar-refractivity contribution in [3.8, 4) is 0 Å². The van der Waals surface area contributed by atoms with Gasteiger partial charge in [0, 0.05) is 23.6 Å². The van der Waals surface area contributed by atoms with Crippen LogP contribution in [0.2, 0.25) is 0 Å². The minimum absolute atomic E-state index is 0.0980. The van der Waals surface area contributed by atoms with E-state index in [4.69, 9.17) is 10.6 Å². The molecule has 0 radical (unpaired) electrons. The smallest absolute Gasteiger partial charge is 0.148 e. The zero-order chi connectivity index (χ0) is 15.5. The Morgan fingerprint density at radius 3 is 2.62 bits per heavy atom. The van der Waals surface area contributed by atoms with Crippen LogP contribution in [0.3, 0.4) is 0 Å². The molecule has 21 heavy (non-hydrogen) atoms. The van der Waals surface area contributed by atoms with Crippen LogP contribution in [0.4, 0.5) is 11.6 Å². The molecule has 6 nitrogen and oxygen atoms in total. The van der Waals surface area contributed by atoms with Crippen molar-refractivity contribution < 1.29 is 4.74 Å². The summed E-state index contributed by atoms with van der Waals surface area (Å²) in [7, 11) is 0. The van der Waals surface area contributed by atoms with Crippen LogP contribution in [-0.2, 0) is 11.2 Å². The number of hydrogen-bond acceptors (Lipinski definition) is 6. The largest absolute Gasteiger partial charge is 0.378 e. The Labute approximate surface area is 126 Å². The molecule has 1 aliphatic rings. The molecule has 1 aromatic rings. The number of anilines is 2.